The summed E-state index contributed by atoms with van der Waals surface area (Å²) in [5, 5.41) is 14.2. The van der Waals surface area contributed by atoms with E-state index in [0.29, 0.717) is 16.3 Å². The van der Waals surface area contributed by atoms with E-state index in [1.165, 1.54) is 16.7 Å². The first-order chi connectivity index (χ1) is 15.6. The Kier molecular flexibility index (Phi) is 7.29. The minimum absolute atomic E-state index is 0.0130. The lowest BCUT2D eigenvalue weighted by Gasteiger charge is -2.16. The Morgan fingerprint density at radius 2 is 1.91 bits per heavy atom. The molecule has 0 radical (unpaired) electrons. The number of aliphatic carboxylic acids is 1. The summed E-state index contributed by atoms with van der Waals surface area (Å²) >= 11 is 5.91. The highest BCUT2D eigenvalue weighted by atomic mass is 35.5. The van der Waals surface area contributed by atoms with Crippen molar-refractivity contribution >= 4 is 40.8 Å². The second kappa shape index (κ2) is 10.1. The van der Waals surface area contributed by atoms with Crippen molar-refractivity contribution in [3.63, 3.8) is 0 Å². The van der Waals surface area contributed by atoms with Gasteiger partial charge < -0.3 is 20.5 Å². The van der Waals surface area contributed by atoms with E-state index in [-0.39, 0.29) is 30.0 Å². The van der Waals surface area contributed by atoms with Gasteiger partial charge in [-0.15, -0.1) is 0 Å². The number of rotatable bonds is 7. The van der Waals surface area contributed by atoms with Crippen LogP contribution in [-0.4, -0.2) is 32.6 Å². The molecule has 1 amide bonds. The molecule has 9 nitrogen and oxygen atoms in total. The van der Waals surface area contributed by atoms with Gasteiger partial charge in [0.15, 0.2) is 11.6 Å². The van der Waals surface area contributed by atoms with Gasteiger partial charge in [0.2, 0.25) is 5.95 Å². The number of nitrogens with one attached hydrogen (secondary N) is 2. The Balaban J connectivity index is 1.99. The van der Waals surface area contributed by atoms with E-state index in [0.717, 1.165) is 6.20 Å². The van der Waals surface area contributed by atoms with Gasteiger partial charge in [0, 0.05) is 16.8 Å². The third-order valence-corrected chi connectivity index (χ3v) is 4.55. The Hall–Kier alpha value is -3.92. The molecule has 0 atom stereocenters. The number of anilines is 3. The third kappa shape index (κ3) is 6.07. The molecule has 3 N–H and O–H groups in total. The first kappa shape index (κ1) is 23.7. The van der Waals surface area contributed by atoms with Crippen molar-refractivity contribution in [2.75, 3.05) is 10.6 Å². The molecule has 3 aromatic rings. The third-order valence-electron chi connectivity index (χ3n) is 4.29. The highest BCUT2D eigenvalue weighted by molar-refractivity contribution is 6.36. The fraction of sp³-hybridized carbons (Fsp3) is 0.182. The normalized spacial score (nSPS) is 10.7. The van der Waals surface area contributed by atoms with Crippen molar-refractivity contribution in [3.8, 4) is 5.75 Å². The summed E-state index contributed by atoms with van der Waals surface area (Å²) in [5.41, 5.74) is -0.0614. The molecule has 1 aromatic heterocycles. The number of benzene rings is 2. The van der Waals surface area contributed by atoms with Crippen LogP contribution in [0.25, 0.3) is 0 Å². The largest absolute Gasteiger partial charge is 0.488 e. The summed E-state index contributed by atoms with van der Waals surface area (Å²) in [5.74, 6) is -3.62. The second-order valence-corrected chi connectivity index (χ2v) is 7.65. The Morgan fingerprint density at radius 1 is 1.21 bits per heavy atom. The number of amides is 1. The molecule has 1 heterocycles. The molecule has 172 valence electrons. The molecule has 0 unspecified atom stereocenters. The van der Waals surface area contributed by atoms with Crippen LogP contribution in [-0.2, 0) is 16.1 Å². The number of carboxylic acid groups (broad SMARTS) is 1. The topological polar surface area (TPSA) is 123 Å². The van der Waals surface area contributed by atoms with Gasteiger partial charge in [-0.05, 0) is 43.7 Å². The minimum Gasteiger partial charge on any atom is -0.488 e. The maximum Gasteiger partial charge on any atom is 0.394 e. The van der Waals surface area contributed by atoms with E-state index in [4.69, 9.17) is 21.4 Å². The van der Waals surface area contributed by atoms with Crippen LogP contribution >= 0.6 is 11.6 Å². The van der Waals surface area contributed by atoms with Crippen LogP contribution in [0.3, 0.4) is 0 Å². The highest BCUT2D eigenvalue weighted by Gasteiger charge is 2.17. The van der Waals surface area contributed by atoms with Crippen LogP contribution in [0, 0.1) is 5.82 Å². The smallest absolute Gasteiger partial charge is 0.394 e. The van der Waals surface area contributed by atoms with Crippen LogP contribution < -0.4 is 20.9 Å². The Bertz CT molecular complexity index is 1240. The van der Waals surface area contributed by atoms with E-state index < -0.39 is 23.3 Å². The molecule has 11 heteroatoms. The van der Waals surface area contributed by atoms with Gasteiger partial charge >= 0.3 is 11.9 Å². The molecule has 0 aliphatic carbocycles. The lowest BCUT2D eigenvalue weighted by molar-refractivity contribution is -0.147. The van der Waals surface area contributed by atoms with Crippen LogP contribution in [0.4, 0.5) is 21.7 Å². The maximum atomic E-state index is 14.4. The van der Waals surface area contributed by atoms with Crippen molar-refractivity contribution in [2.24, 2.45) is 0 Å². The lowest BCUT2D eigenvalue weighted by Crippen LogP contribution is -2.31. The summed E-state index contributed by atoms with van der Waals surface area (Å²) in [6.07, 6.45) is 0.814. The predicted octanol–water partition coefficient (Wildman–Crippen LogP) is 3.64. The van der Waals surface area contributed by atoms with Gasteiger partial charge in [0.1, 0.15) is 5.69 Å². The average molecular weight is 475 g/mol. The number of hydrogen-bond acceptors (Lipinski definition) is 6. The van der Waals surface area contributed by atoms with E-state index in [1.807, 2.05) is 5.32 Å². The van der Waals surface area contributed by atoms with Gasteiger partial charge in [0.25, 0.3) is 5.56 Å². The van der Waals surface area contributed by atoms with Crippen LogP contribution in [0.2, 0.25) is 5.02 Å². The van der Waals surface area contributed by atoms with Gasteiger partial charge in [0.05, 0.1) is 18.8 Å². The average Bonchev–Trinajstić information content (AvgIpc) is 2.75. The zero-order valence-electron chi connectivity index (χ0n) is 17.6. The Labute approximate surface area is 192 Å². The van der Waals surface area contributed by atoms with Crippen LogP contribution in [0.15, 0.2) is 53.5 Å². The number of nitrogens with zero attached hydrogens (tertiary/aromatic N) is 2. The number of carboxylic acids is 1. The van der Waals surface area contributed by atoms with Crippen LogP contribution in [0.1, 0.15) is 19.4 Å². The fourth-order valence-electron chi connectivity index (χ4n) is 2.83. The standard InChI is InChI=1S/C22H20ClFN4O5/c1-12(2)33-18-8-7-15(9-16(18)24)26-22-25-10-17(27-19(29)21(31)32)20(30)28(22)11-13-3-5-14(23)6-4-13/h3-10,12H,11H2,1-2H3,(H,25,26)(H,27,29)(H,31,32). The monoisotopic (exact) mass is 474 g/mol. The molecule has 33 heavy (non-hydrogen) atoms. The quantitative estimate of drug-likeness (QED) is 0.447. The number of carbonyl (C=O) groups is 2. The highest BCUT2D eigenvalue weighted by Crippen LogP contribution is 2.24. The van der Waals surface area contributed by atoms with Gasteiger partial charge in [-0.25, -0.2) is 14.2 Å². The number of aromatic nitrogens is 2. The van der Waals surface area contributed by atoms with E-state index >= 15 is 0 Å². The van der Waals surface area contributed by atoms with Crippen molar-refractivity contribution in [3.05, 3.63) is 75.4 Å². The summed E-state index contributed by atoms with van der Waals surface area (Å²) in [4.78, 5) is 39.5. The predicted molar refractivity (Wildman–Crippen MR) is 121 cm³/mol. The summed E-state index contributed by atoms with van der Waals surface area (Å²) in [7, 11) is 0. The van der Waals surface area contributed by atoms with E-state index in [2.05, 4.69) is 10.3 Å². The molecule has 0 saturated heterocycles. The number of hydrogen-bond donors (Lipinski definition) is 3. The summed E-state index contributed by atoms with van der Waals surface area (Å²) < 4.78 is 21.0. The molecule has 0 spiro atoms. The first-order valence-corrected chi connectivity index (χ1v) is 10.1. The molecule has 2 aromatic carbocycles. The SMILES string of the molecule is CC(C)Oc1ccc(Nc2ncc(NC(=O)C(=O)O)c(=O)n2Cc2ccc(Cl)cc2)cc1F. The molecule has 0 bridgehead atoms. The zero-order chi connectivity index (χ0) is 24.1. The molecular weight excluding hydrogens is 455 g/mol. The fourth-order valence-corrected chi connectivity index (χ4v) is 2.96. The lowest BCUT2D eigenvalue weighted by atomic mass is 10.2. The van der Waals surface area contributed by atoms with Crippen molar-refractivity contribution in [1.82, 2.24) is 9.55 Å². The molecule has 0 fully saturated rings. The van der Waals surface area contributed by atoms with Crippen molar-refractivity contribution < 1.29 is 23.8 Å². The summed E-state index contributed by atoms with van der Waals surface area (Å²) in [6.45, 7) is 3.56. The van der Waals surface area contributed by atoms with Crippen molar-refractivity contribution in [1.29, 1.82) is 0 Å². The van der Waals surface area contributed by atoms with Gasteiger partial charge in [-0.1, -0.05) is 23.7 Å². The second-order valence-electron chi connectivity index (χ2n) is 7.21. The number of carbonyl (C=O) groups excluding carboxylic acids is 1. The van der Waals surface area contributed by atoms with E-state index in [9.17, 15) is 18.8 Å². The number of ether oxygens (including phenoxy) is 1. The summed E-state index contributed by atoms with van der Waals surface area (Å²) in [6, 6.07) is 10.9. The molecular formula is C22H20ClFN4O5. The van der Waals surface area contributed by atoms with Gasteiger partial charge in [-0.3, -0.25) is 14.2 Å². The Morgan fingerprint density at radius 3 is 2.52 bits per heavy atom. The molecule has 0 saturated carbocycles. The first-order valence-electron chi connectivity index (χ1n) is 9.76. The minimum atomic E-state index is -1.75. The van der Waals surface area contributed by atoms with E-state index in [1.54, 1.807) is 44.2 Å². The van der Waals surface area contributed by atoms with Gasteiger partial charge in [-0.2, -0.15) is 0 Å². The molecule has 0 aliphatic rings. The zero-order valence-corrected chi connectivity index (χ0v) is 18.4. The van der Waals surface area contributed by atoms with Crippen molar-refractivity contribution in [2.45, 2.75) is 26.5 Å². The van der Waals surface area contributed by atoms with Crippen LogP contribution in [0.5, 0.6) is 5.75 Å². The molecule has 3 rings (SSSR count). The number of halogens is 2. The maximum absolute atomic E-state index is 14.4. The molecule has 0 aliphatic heterocycles.